The van der Waals surface area contributed by atoms with Crippen LogP contribution in [0.2, 0.25) is 0 Å². The summed E-state index contributed by atoms with van der Waals surface area (Å²) in [5, 5.41) is 6.64. The lowest BCUT2D eigenvalue weighted by Gasteiger charge is -2.21. The molecule has 4 rings (SSSR count). The lowest BCUT2D eigenvalue weighted by Crippen LogP contribution is -2.29. The third-order valence-electron chi connectivity index (χ3n) is 6.30. The maximum Gasteiger partial charge on any atom is 0.253 e. The van der Waals surface area contributed by atoms with Crippen molar-refractivity contribution >= 4 is 11.7 Å². The van der Waals surface area contributed by atoms with E-state index in [-0.39, 0.29) is 11.8 Å². The number of hydrogen-bond acceptors (Lipinski definition) is 5. The van der Waals surface area contributed by atoms with Crippen LogP contribution in [0.5, 0.6) is 0 Å². The monoisotopic (exact) mass is 407 g/mol. The number of rotatable bonds is 7. The average molecular weight is 408 g/mol. The van der Waals surface area contributed by atoms with Crippen molar-refractivity contribution in [2.45, 2.75) is 57.9 Å². The number of likely N-dealkylation sites (tertiary alicyclic amines) is 1. The van der Waals surface area contributed by atoms with Crippen LogP contribution >= 0.6 is 0 Å². The van der Waals surface area contributed by atoms with E-state index in [4.69, 9.17) is 9.97 Å². The van der Waals surface area contributed by atoms with Crippen LogP contribution in [0, 0.1) is 0 Å². The first kappa shape index (κ1) is 20.8. The summed E-state index contributed by atoms with van der Waals surface area (Å²) in [5.41, 5.74) is 4.42. The van der Waals surface area contributed by atoms with E-state index in [0.29, 0.717) is 6.54 Å². The summed E-state index contributed by atoms with van der Waals surface area (Å²) in [5.74, 6) is 2.12. The van der Waals surface area contributed by atoms with Gasteiger partial charge in [0, 0.05) is 43.7 Å². The van der Waals surface area contributed by atoms with Gasteiger partial charge in [-0.2, -0.15) is 0 Å². The number of aromatic nitrogens is 2. The summed E-state index contributed by atoms with van der Waals surface area (Å²) in [6.07, 6.45) is 6.65. The Bertz CT molecular complexity index is 863. The largest absolute Gasteiger partial charge is 0.373 e. The number of aryl methyl sites for hydroxylation is 1. The van der Waals surface area contributed by atoms with Crippen molar-refractivity contribution in [1.29, 1.82) is 0 Å². The minimum atomic E-state index is 0.117. The molecule has 0 spiro atoms. The van der Waals surface area contributed by atoms with Gasteiger partial charge < -0.3 is 15.5 Å². The fourth-order valence-corrected chi connectivity index (χ4v) is 4.50. The van der Waals surface area contributed by atoms with Crippen molar-refractivity contribution in [2.75, 3.05) is 32.0 Å². The topological polar surface area (TPSA) is 70.2 Å². The number of nitrogens with zero attached hydrogens (tertiary/aromatic N) is 3. The molecule has 0 radical (unpaired) electrons. The molecule has 30 heavy (non-hydrogen) atoms. The van der Waals surface area contributed by atoms with E-state index >= 15 is 0 Å². The maximum absolute atomic E-state index is 13.0. The Morgan fingerprint density at radius 2 is 2.07 bits per heavy atom. The predicted molar refractivity (Wildman–Crippen MR) is 120 cm³/mol. The molecule has 6 heteroatoms. The molecule has 1 aromatic heterocycles. The van der Waals surface area contributed by atoms with Crippen molar-refractivity contribution in [3.63, 3.8) is 0 Å². The van der Waals surface area contributed by atoms with E-state index < -0.39 is 0 Å². The summed E-state index contributed by atoms with van der Waals surface area (Å²) in [6, 6.07) is 8.18. The number of fused-ring (bicyclic) bond motifs is 1. The third kappa shape index (κ3) is 4.48. The number of anilines is 1. The van der Waals surface area contributed by atoms with Crippen LogP contribution in [-0.4, -0.2) is 47.5 Å². The van der Waals surface area contributed by atoms with Gasteiger partial charge in [0.1, 0.15) is 11.6 Å². The Labute approximate surface area is 179 Å². The van der Waals surface area contributed by atoms with Gasteiger partial charge in [0.15, 0.2) is 0 Å². The molecule has 2 N–H and O–H groups in total. The molecule has 3 heterocycles. The highest BCUT2D eigenvalue weighted by molar-refractivity contribution is 5.94. The van der Waals surface area contributed by atoms with Crippen molar-refractivity contribution in [1.82, 2.24) is 20.2 Å². The summed E-state index contributed by atoms with van der Waals surface area (Å²) >= 11 is 0. The van der Waals surface area contributed by atoms with E-state index in [0.717, 1.165) is 61.8 Å². The first-order valence-electron chi connectivity index (χ1n) is 11.4. The first-order valence-corrected chi connectivity index (χ1v) is 11.4. The van der Waals surface area contributed by atoms with Crippen molar-refractivity contribution in [3.05, 3.63) is 52.5 Å². The summed E-state index contributed by atoms with van der Waals surface area (Å²) in [6.45, 7) is 5.42. The third-order valence-corrected chi connectivity index (χ3v) is 6.30. The number of amides is 1. The number of benzene rings is 1. The van der Waals surface area contributed by atoms with Gasteiger partial charge in [-0.05, 0) is 49.9 Å². The van der Waals surface area contributed by atoms with Crippen LogP contribution in [0.4, 0.5) is 5.82 Å². The van der Waals surface area contributed by atoms with E-state index in [1.807, 2.05) is 24.1 Å². The Morgan fingerprint density at radius 3 is 2.83 bits per heavy atom. The molecule has 1 atom stereocenters. The normalized spacial score (nSPS) is 18.3. The van der Waals surface area contributed by atoms with E-state index in [9.17, 15) is 4.79 Å². The molecule has 1 amide bonds. The van der Waals surface area contributed by atoms with Crippen LogP contribution in [0.15, 0.2) is 24.3 Å². The van der Waals surface area contributed by atoms with Crippen LogP contribution in [0.25, 0.3) is 0 Å². The van der Waals surface area contributed by atoms with E-state index in [1.54, 1.807) is 0 Å². The number of unbranched alkanes of at least 4 members (excludes halogenated alkanes) is 2. The maximum atomic E-state index is 13.0. The molecule has 0 saturated carbocycles. The molecule has 1 fully saturated rings. The zero-order chi connectivity index (χ0) is 20.9. The van der Waals surface area contributed by atoms with Gasteiger partial charge in [-0.15, -0.1) is 0 Å². The second-order valence-corrected chi connectivity index (χ2v) is 8.42. The first-order chi connectivity index (χ1) is 14.7. The second kappa shape index (κ2) is 9.56. The highest BCUT2D eigenvalue weighted by Gasteiger charge is 2.31. The van der Waals surface area contributed by atoms with Gasteiger partial charge in [0.2, 0.25) is 0 Å². The van der Waals surface area contributed by atoms with Gasteiger partial charge >= 0.3 is 0 Å². The lowest BCUT2D eigenvalue weighted by atomic mass is 10.0. The van der Waals surface area contributed by atoms with Gasteiger partial charge in [-0.3, -0.25) is 4.79 Å². The molecule has 2 aliphatic heterocycles. The smallest absolute Gasteiger partial charge is 0.253 e. The minimum absolute atomic E-state index is 0.117. The Hall–Kier alpha value is -2.47. The molecule has 6 nitrogen and oxygen atoms in total. The van der Waals surface area contributed by atoms with Gasteiger partial charge in [0.25, 0.3) is 5.91 Å². The number of nitrogens with one attached hydrogen (secondary N) is 2. The van der Waals surface area contributed by atoms with Crippen molar-refractivity contribution in [3.8, 4) is 0 Å². The summed E-state index contributed by atoms with van der Waals surface area (Å²) in [7, 11) is 1.92. The van der Waals surface area contributed by atoms with Gasteiger partial charge in [-0.25, -0.2) is 9.97 Å². The van der Waals surface area contributed by atoms with Crippen LogP contribution in [-0.2, 0) is 19.4 Å². The predicted octanol–water partition coefficient (Wildman–Crippen LogP) is 3.53. The fraction of sp³-hybridized carbons (Fsp3) is 0.542. The molecule has 1 aromatic carbocycles. The van der Waals surface area contributed by atoms with Crippen molar-refractivity contribution < 1.29 is 4.79 Å². The summed E-state index contributed by atoms with van der Waals surface area (Å²) < 4.78 is 0. The molecule has 2 aliphatic rings. The molecule has 1 unspecified atom stereocenters. The number of carbonyl (C=O) groups excluding carboxylic acids is 1. The van der Waals surface area contributed by atoms with Gasteiger partial charge in [0.05, 0.1) is 5.69 Å². The SMILES string of the molecule is CCCCCc1ccc(C(=O)N2CCC(c3nc4c(c(NC)n3)CCNC4)C2)cc1. The highest BCUT2D eigenvalue weighted by atomic mass is 16.2. The second-order valence-electron chi connectivity index (χ2n) is 8.42. The van der Waals surface area contributed by atoms with Crippen LogP contribution in [0.1, 0.15) is 71.5 Å². The Morgan fingerprint density at radius 1 is 1.23 bits per heavy atom. The highest BCUT2D eigenvalue weighted by Crippen LogP contribution is 2.29. The molecular formula is C24H33N5O. The van der Waals surface area contributed by atoms with Gasteiger partial charge in [-0.1, -0.05) is 31.9 Å². The van der Waals surface area contributed by atoms with Crippen LogP contribution in [0.3, 0.4) is 0 Å². The molecule has 0 aliphatic carbocycles. The van der Waals surface area contributed by atoms with E-state index in [2.05, 4.69) is 29.7 Å². The zero-order valence-corrected chi connectivity index (χ0v) is 18.2. The standard InChI is InChI=1S/C24H33N5O/c1-3-4-5-6-17-7-9-18(10-8-17)24(30)29-14-12-19(16-29)22-27-21-15-26-13-11-20(21)23(25-2)28-22/h7-10,19,26H,3-6,11-16H2,1-2H3,(H,25,27,28). The molecule has 2 aromatic rings. The van der Waals surface area contributed by atoms with Crippen LogP contribution < -0.4 is 10.6 Å². The lowest BCUT2D eigenvalue weighted by molar-refractivity contribution is 0.0790. The number of hydrogen-bond donors (Lipinski definition) is 2. The minimum Gasteiger partial charge on any atom is -0.373 e. The Balaban J connectivity index is 1.42. The quantitative estimate of drug-likeness (QED) is 0.687. The Kier molecular flexibility index (Phi) is 6.62. The van der Waals surface area contributed by atoms with E-state index in [1.165, 1.54) is 30.4 Å². The fourth-order valence-electron chi connectivity index (χ4n) is 4.50. The molecule has 1 saturated heterocycles. The average Bonchev–Trinajstić information content (AvgIpc) is 3.29. The molecule has 160 valence electrons. The molecular weight excluding hydrogens is 374 g/mol. The van der Waals surface area contributed by atoms with Crippen molar-refractivity contribution in [2.24, 2.45) is 0 Å². The molecule has 0 bridgehead atoms. The zero-order valence-electron chi connectivity index (χ0n) is 18.2. The summed E-state index contributed by atoms with van der Waals surface area (Å²) in [4.78, 5) is 24.6. The number of carbonyl (C=O) groups is 1.